The van der Waals surface area contributed by atoms with E-state index in [0.29, 0.717) is 34.1 Å². The molecule has 1 atom stereocenters. The van der Waals surface area contributed by atoms with E-state index in [-0.39, 0.29) is 18.2 Å². The van der Waals surface area contributed by atoms with Crippen LogP contribution in [0.15, 0.2) is 49.0 Å². The summed E-state index contributed by atoms with van der Waals surface area (Å²) in [6.45, 7) is 12.0. The average molecular weight is 492 g/mol. The molecule has 1 heterocycles. The lowest BCUT2D eigenvalue weighted by molar-refractivity contribution is -0.137. The zero-order chi connectivity index (χ0) is 25.9. The molecule has 3 N–H and O–H groups in total. The van der Waals surface area contributed by atoms with E-state index in [1.807, 2.05) is 42.5 Å². The van der Waals surface area contributed by atoms with E-state index in [9.17, 15) is 9.59 Å². The van der Waals surface area contributed by atoms with Gasteiger partial charge in [-0.3, -0.25) is 4.79 Å². The number of carboxylic acid groups (broad SMARTS) is 1. The van der Waals surface area contributed by atoms with Crippen molar-refractivity contribution < 1.29 is 14.7 Å². The molecule has 1 aromatic heterocycles. The maximum Gasteiger partial charge on any atom is 0.303 e. The Bertz CT molecular complexity index is 1260. The van der Waals surface area contributed by atoms with Gasteiger partial charge in [0.25, 0.3) is 0 Å². The Morgan fingerprint density at radius 2 is 1.86 bits per heavy atom. The van der Waals surface area contributed by atoms with Gasteiger partial charge in [-0.1, -0.05) is 62.4 Å². The second-order valence-corrected chi connectivity index (χ2v) is 9.60. The Morgan fingerprint density at radius 1 is 1.20 bits per heavy atom. The van der Waals surface area contributed by atoms with Crippen LogP contribution in [0.1, 0.15) is 72.4 Å². The van der Waals surface area contributed by atoms with Crippen molar-refractivity contribution in [3.8, 4) is 0 Å². The fourth-order valence-electron chi connectivity index (χ4n) is 4.32. The van der Waals surface area contributed by atoms with Gasteiger partial charge in [0.2, 0.25) is 0 Å². The Morgan fingerprint density at radius 3 is 2.40 bits per heavy atom. The van der Waals surface area contributed by atoms with Crippen molar-refractivity contribution in [3.05, 3.63) is 93.4 Å². The van der Waals surface area contributed by atoms with Gasteiger partial charge in [-0.05, 0) is 60.6 Å². The maximum atomic E-state index is 12.4. The van der Waals surface area contributed by atoms with E-state index in [2.05, 4.69) is 25.4 Å². The van der Waals surface area contributed by atoms with Gasteiger partial charge in [-0.15, -0.1) is 0 Å². The predicted octanol–water partition coefficient (Wildman–Crippen LogP) is 5.73. The minimum Gasteiger partial charge on any atom is -0.481 e. The monoisotopic (exact) mass is 491 g/mol. The molecule has 0 aliphatic carbocycles. The lowest BCUT2D eigenvalue weighted by Gasteiger charge is -2.27. The van der Waals surface area contributed by atoms with Crippen LogP contribution >= 0.6 is 11.6 Å². The fraction of sp³-hybridized carbons (Fsp3) is 0.286. The number of benzene rings is 2. The van der Waals surface area contributed by atoms with Crippen molar-refractivity contribution in [1.29, 1.82) is 0 Å². The summed E-state index contributed by atoms with van der Waals surface area (Å²) in [6, 6.07) is 12.9. The number of rotatable bonds is 9. The Kier molecular flexibility index (Phi) is 7.76. The van der Waals surface area contributed by atoms with Crippen molar-refractivity contribution in [2.24, 2.45) is 0 Å². The first-order chi connectivity index (χ1) is 16.5. The Labute approximate surface area is 210 Å². The molecule has 0 unspecified atom stereocenters. The lowest BCUT2D eigenvalue weighted by atomic mass is 9.76. The van der Waals surface area contributed by atoms with Crippen molar-refractivity contribution in [3.63, 3.8) is 0 Å². The second-order valence-electron chi connectivity index (χ2n) is 9.17. The summed E-state index contributed by atoms with van der Waals surface area (Å²) < 4.78 is 0. The number of aryl methyl sites for hydroxylation is 2. The van der Waals surface area contributed by atoms with Gasteiger partial charge in [0.05, 0.1) is 5.41 Å². The number of hydrogen-bond donors (Lipinski definition) is 2. The quantitative estimate of drug-likeness (QED) is 0.370. The van der Waals surface area contributed by atoms with E-state index < -0.39 is 11.4 Å². The van der Waals surface area contributed by atoms with E-state index in [4.69, 9.17) is 27.4 Å². The third-order valence-corrected chi connectivity index (χ3v) is 6.52. The second kappa shape index (κ2) is 10.4. The molecule has 0 aliphatic rings. The summed E-state index contributed by atoms with van der Waals surface area (Å²) in [5.74, 6) is -0.0355. The number of hydrogen-bond acceptors (Lipinski definition) is 5. The van der Waals surface area contributed by atoms with Gasteiger partial charge < -0.3 is 15.6 Å². The molecule has 6 nitrogen and oxygen atoms in total. The van der Waals surface area contributed by atoms with E-state index in [1.54, 1.807) is 13.8 Å². The number of nitrogens with zero attached hydrogens (tertiary/aromatic N) is 2. The molecule has 0 saturated heterocycles. The van der Waals surface area contributed by atoms with Gasteiger partial charge in [0.1, 0.15) is 12.1 Å². The number of nitrogen functional groups attached to an aromatic ring is 1. The number of anilines is 1. The average Bonchev–Trinajstić information content (AvgIpc) is 2.81. The van der Waals surface area contributed by atoms with Crippen LogP contribution in [0, 0.1) is 6.92 Å². The third-order valence-electron chi connectivity index (χ3n) is 6.28. The fourth-order valence-corrected chi connectivity index (χ4v) is 4.50. The first-order valence-corrected chi connectivity index (χ1v) is 11.8. The maximum absolute atomic E-state index is 12.4. The number of aromatic nitrogens is 2. The normalized spacial score (nSPS) is 12.9. The van der Waals surface area contributed by atoms with Gasteiger partial charge in [0, 0.05) is 28.3 Å². The summed E-state index contributed by atoms with van der Waals surface area (Å²) in [5, 5.41) is 9.55. The van der Waals surface area contributed by atoms with Crippen LogP contribution in [0.25, 0.3) is 5.57 Å². The molecule has 0 aliphatic heterocycles. The van der Waals surface area contributed by atoms with Crippen LogP contribution in [-0.2, 0) is 21.4 Å². The van der Waals surface area contributed by atoms with Gasteiger partial charge >= 0.3 is 5.97 Å². The summed E-state index contributed by atoms with van der Waals surface area (Å²) in [6.07, 6.45) is 1.30. The molecule has 182 valence electrons. The van der Waals surface area contributed by atoms with Gasteiger partial charge in [0.15, 0.2) is 5.82 Å². The molecule has 3 aromatic rings. The topological polar surface area (TPSA) is 106 Å². The molecule has 2 aromatic carbocycles. The molecule has 7 heteroatoms. The molecule has 3 rings (SSSR count). The molecule has 0 saturated carbocycles. The number of aldehydes is 1. The number of carboxylic acids is 1. The van der Waals surface area contributed by atoms with E-state index >= 15 is 0 Å². The van der Waals surface area contributed by atoms with Crippen molar-refractivity contribution >= 4 is 35.2 Å². The van der Waals surface area contributed by atoms with Gasteiger partial charge in [-0.2, -0.15) is 0 Å². The molecule has 0 bridgehead atoms. The minimum atomic E-state index is -1.08. The summed E-state index contributed by atoms with van der Waals surface area (Å²) in [4.78, 5) is 32.5. The Hall–Kier alpha value is -3.51. The number of halogens is 1. The first kappa shape index (κ1) is 26.1. The standard InChI is InChI=1S/C28H30ClN3O3/c1-16(2)23-14-21(29)11-12-22(23)17(3)27-31-18(4)25(26(30)32-27)28(5,15-33)20-9-6-19(7-10-20)8-13-24(34)35/h6-7,9-12,14-16H,3,8,13H2,1-2,4-5H3,(H,34,35)(H2,30,31,32)/t28-/m0/s1. The Balaban J connectivity index is 2.02. The number of carbonyl (C=O) groups is 2. The number of nitrogens with two attached hydrogens (primary N) is 1. The van der Waals surface area contributed by atoms with Gasteiger partial charge in [-0.25, -0.2) is 9.97 Å². The van der Waals surface area contributed by atoms with Crippen molar-refractivity contribution in [2.75, 3.05) is 5.73 Å². The number of carbonyl (C=O) groups excluding carboxylic acids is 1. The molecular formula is C28H30ClN3O3. The highest BCUT2D eigenvalue weighted by molar-refractivity contribution is 6.30. The molecule has 0 amide bonds. The van der Waals surface area contributed by atoms with E-state index in [1.165, 1.54) is 0 Å². The highest BCUT2D eigenvalue weighted by atomic mass is 35.5. The molecule has 0 fully saturated rings. The highest BCUT2D eigenvalue weighted by Crippen LogP contribution is 2.37. The third kappa shape index (κ3) is 5.43. The number of aliphatic carboxylic acids is 1. The predicted molar refractivity (Wildman–Crippen MR) is 140 cm³/mol. The first-order valence-electron chi connectivity index (χ1n) is 11.4. The van der Waals surface area contributed by atoms with Crippen LogP contribution in [0.2, 0.25) is 5.02 Å². The zero-order valence-corrected chi connectivity index (χ0v) is 21.2. The van der Waals surface area contributed by atoms with E-state index in [0.717, 1.165) is 28.5 Å². The largest absolute Gasteiger partial charge is 0.481 e. The molecule has 35 heavy (non-hydrogen) atoms. The van der Waals surface area contributed by atoms with Crippen LogP contribution in [0.4, 0.5) is 5.82 Å². The van der Waals surface area contributed by atoms with Crippen LogP contribution < -0.4 is 5.73 Å². The SMILES string of the molecule is C=C(c1nc(C)c([C@@](C)(C=O)c2ccc(CCC(=O)O)cc2)c(N)n1)c1ccc(Cl)cc1C(C)C. The smallest absolute Gasteiger partial charge is 0.303 e. The summed E-state index contributed by atoms with van der Waals surface area (Å²) >= 11 is 6.21. The van der Waals surface area contributed by atoms with Crippen LogP contribution in [0.5, 0.6) is 0 Å². The zero-order valence-electron chi connectivity index (χ0n) is 20.4. The van der Waals surface area contributed by atoms with Crippen molar-refractivity contribution in [2.45, 2.75) is 51.9 Å². The molecule has 0 spiro atoms. The molecule has 0 radical (unpaired) electrons. The highest BCUT2D eigenvalue weighted by Gasteiger charge is 2.34. The van der Waals surface area contributed by atoms with Crippen LogP contribution in [0.3, 0.4) is 0 Å². The molecular weight excluding hydrogens is 462 g/mol. The minimum absolute atomic E-state index is 0.0433. The summed E-state index contributed by atoms with van der Waals surface area (Å²) in [7, 11) is 0. The summed E-state index contributed by atoms with van der Waals surface area (Å²) in [5.41, 5.74) is 10.6. The van der Waals surface area contributed by atoms with Crippen molar-refractivity contribution in [1.82, 2.24) is 9.97 Å². The van der Waals surface area contributed by atoms with Crippen LogP contribution in [-0.4, -0.2) is 27.3 Å². The lowest BCUT2D eigenvalue weighted by Crippen LogP contribution is -2.29.